The van der Waals surface area contributed by atoms with Crippen LogP contribution in [0.4, 0.5) is 0 Å². The van der Waals surface area contributed by atoms with Crippen molar-refractivity contribution in [1.82, 2.24) is 14.9 Å². The number of nitrogens with zero attached hydrogens (tertiary/aromatic N) is 2. The first-order valence-electron chi connectivity index (χ1n) is 10.7. The van der Waals surface area contributed by atoms with Gasteiger partial charge in [-0.25, -0.2) is 4.98 Å². The van der Waals surface area contributed by atoms with Gasteiger partial charge in [-0.1, -0.05) is 31.4 Å². The fourth-order valence-corrected chi connectivity index (χ4v) is 4.11. The van der Waals surface area contributed by atoms with Crippen LogP contribution >= 0.6 is 0 Å². The predicted octanol–water partition coefficient (Wildman–Crippen LogP) is 4.32. The molecule has 6 heteroatoms. The van der Waals surface area contributed by atoms with Crippen molar-refractivity contribution in [2.24, 2.45) is 5.92 Å². The van der Waals surface area contributed by atoms with Gasteiger partial charge in [0.15, 0.2) is 0 Å². The molecule has 3 aromatic rings. The SMILES string of the molecule is COc1ccc(OCCn2c(CNC(=O)C3CCCCC3)nc3ccccc32)cc1. The van der Waals surface area contributed by atoms with E-state index in [1.165, 1.54) is 6.42 Å². The summed E-state index contributed by atoms with van der Waals surface area (Å²) in [5, 5.41) is 3.11. The molecule has 1 N–H and O–H groups in total. The number of nitrogens with one attached hydrogen (secondary N) is 1. The van der Waals surface area contributed by atoms with E-state index in [4.69, 9.17) is 14.5 Å². The Balaban J connectivity index is 1.42. The van der Waals surface area contributed by atoms with E-state index in [0.717, 1.165) is 54.0 Å². The van der Waals surface area contributed by atoms with Gasteiger partial charge in [-0.2, -0.15) is 0 Å². The Hall–Kier alpha value is -3.02. The number of carbonyl (C=O) groups excluding carboxylic acids is 1. The zero-order valence-corrected chi connectivity index (χ0v) is 17.5. The molecule has 0 bridgehead atoms. The number of ether oxygens (including phenoxy) is 2. The molecule has 1 aliphatic rings. The highest BCUT2D eigenvalue weighted by molar-refractivity contribution is 5.79. The van der Waals surface area contributed by atoms with Crippen molar-refractivity contribution in [2.45, 2.75) is 45.2 Å². The fourth-order valence-electron chi connectivity index (χ4n) is 4.11. The van der Waals surface area contributed by atoms with Crippen LogP contribution in [0.5, 0.6) is 11.5 Å². The standard InChI is InChI=1S/C24H29N3O3/c1-29-19-11-13-20(14-12-19)30-16-15-27-22-10-6-5-9-21(22)26-23(27)17-25-24(28)18-7-3-2-4-8-18/h5-6,9-14,18H,2-4,7-8,15-17H2,1H3,(H,25,28). The highest BCUT2D eigenvalue weighted by Crippen LogP contribution is 2.24. The minimum Gasteiger partial charge on any atom is -0.497 e. The van der Waals surface area contributed by atoms with Crippen molar-refractivity contribution < 1.29 is 14.3 Å². The quantitative estimate of drug-likeness (QED) is 0.604. The molecule has 0 spiro atoms. The number of fused-ring (bicyclic) bond motifs is 1. The summed E-state index contributed by atoms with van der Waals surface area (Å²) in [5.41, 5.74) is 1.99. The van der Waals surface area contributed by atoms with Crippen LogP contribution in [0.1, 0.15) is 37.9 Å². The second-order valence-electron chi connectivity index (χ2n) is 7.75. The number of imidazole rings is 1. The van der Waals surface area contributed by atoms with Crippen molar-refractivity contribution in [3.8, 4) is 11.5 Å². The summed E-state index contributed by atoms with van der Waals surface area (Å²) in [7, 11) is 1.65. The second-order valence-corrected chi connectivity index (χ2v) is 7.75. The van der Waals surface area contributed by atoms with Crippen LogP contribution in [0.25, 0.3) is 11.0 Å². The van der Waals surface area contributed by atoms with Gasteiger partial charge in [0.1, 0.15) is 23.9 Å². The van der Waals surface area contributed by atoms with Crippen LogP contribution in [-0.4, -0.2) is 29.2 Å². The van der Waals surface area contributed by atoms with E-state index >= 15 is 0 Å². The Labute approximate surface area is 177 Å². The molecule has 6 nitrogen and oxygen atoms in total. The lowest BCUT2D eigenvalue weighted by atomic mass is 9.89. The van der Waals surface area contributed by atoms with Crippen LogP contribution in [0.2, 0.25) is 0 Å². The highest BCUT2D eigenvalue weighted by Gasteiger charge is 2.21. The zero-order valence-electron chi connectivity index (χ0n) is 17.5. The number of carbonyl (C=O) groups is 1. The second kappa shape index (κ2) is 9.65. The molecule has 158 valence electrons. The monoisotopic (exact) mass is 407 g/mol. The number of hydrogen-bond donors (Lipinski definition) is 1. The van der Waals surface area contributed by atoms with E-state index < -0.39 is 0 Å². The summed E-state index contributed by atoms with van der Waals surface area (Å²) in [6.45, 7) is 1.60. The fraction of sp³-hybridized carbons (Fsp3) is 0.417. The molecule has 0 atom stereocenters. The van der Waals surface area contributed by atoms with E-state index in [-0.39, 0.29) is 11.8 Å². The first-order chi connectivity index (χ1) is 14.7. The Bertz CT molecular complexity index is 975. The molecular formula is C24H29N3O3. The number of hydrogen-bond acceptors (Lipinski definition) is 4. The summed E-state index contributed by atoms with van der Waals surface area (Å²) < 4.78 is 13.2. The Morgan fingerprint density at radius 2 is 1.80 bits per heavy atom. The molecule has 0 saturated heterocycles. The van der Waals surface area contributed by atoms with E-state index in [1.807, 2.05) is 42.5 Å². The van der Waals surface area contributed by atoms with Gasteiger partial charge in [0, 0.05) is 5.92 Å². The Kier molecular flexibility index (Phi) is 6.52. The van der Waals surface area contributed by atoms with E-state index in [0.29, 0.717) is 19.7 Å². The van der Waals surface area contributed by atoms with E-state index in [2.05, 4.69) is 16.0 Å². The first-order valence-corrected chi connectivity index (χ1v) is 10.7. The average Bonchev–Trinajstić information content (AvgIpc) is 3.16. The van der Waals surface area contributed by atoms with E-state index in [9.17, 15) is 4.79 Å². The maximum Gasteiger partial charge on any atom is 0.223 e. The topological polar surface area (TPSA) is 65.4 Å². The molecule has 1 amide bonds. The normalized spacial score (nSPS) is 14.6. The molecule has 2 aromatic carbocycles. The lowest BCUT2D eigenvalue weighted by Gasteiger charge is -2.20. The molecule has 0 aliphatic heterocycles. The molecule has 30 heavy (non-hydrogen) atoms. The summed E-state index contributed by atoms with van der Waals surface area (Å²) >= 11 is 0. The number of benzene rings is 2. The van der Waals surface area contributed by atoms with Crippen LogP contribution in [0, 0.1) is 5.92 Å². The molecule has 1 fully saturated rings. The first kappa shape index (κ1) is 20.3. The minimum atomic E-state index is 0.148. The average molecular weight is 408 g/mol. The summed E-state index contributed by atoms with van der Waals surface area (Å²) in [6, 6.07) is 15.6. The van der Waals surface area contributed by atoms with Gasteiger partial charge in [0.2, 0.25) is 5.91 Å². The smallest absolute Gasteiger partial charge is 0.223 e. The van der Waals surface area contributed by atoms with Crippen molar-refractivity contribution in [1.29, 1.82) is 0 Å². The molecular weight excluding hydrogens is 378 g/mol. The third-order valence-electron chi connectivity index (χ3n) is 5.77. The van der Waals surface area contributed by atoms with Crippen LogP contribution in [0.15, 0.2) is 48.5 Å². The largest absolute Gasteiger partial charge is 0.497 e. The molecule has 0 radical (unpaired) electrons. The third kappa shape index (κ3) is 4.75. The Morgan fingerprint density at radius 1 is 1.07 bits per heavy atom. The number of aromatic nitrogens is 2. The highest BCUT2D eigenvalue weighted by atomic mass is 16.5. The van der Waals surface area contributed by atoms with Crippen molar-refractivity contribution in [3.63, 3.8) is 0 Å². The van der Waals surface area contributed by atoms with Gasteiger partial charge in [-0.3, -0.25) is 4.79 Å². The minimum absolute atomic E-state index is 0.148. The van der Waals surface area contributed by atoms with Gasteiger partial charge < -0.3 is 19.4 Å². The van der Waals surface area contributed by atoms with E-state index in [1.54, 1.807) is 7.11 Å². The van der Waals surface area contributed by atoms with Gasteiger partial charge in [-0.15, -0.1) is 0 Å². The lowest BCUT2D eigenvalue weighted by Crippen LogP contribution is -2.32. The number of amides is 1. The van der Waals surface area contributed by atoms with Crippen molar-refractivity contribution in [3.05, 3.63) is 54.4 Å². The summed E-state index contributed by atoms with van der Waals surface area (Å²) in [5.74, 6) is 2.77. The van der Waals surface area contributed by atoms with Gasteiger partial charge in [0.05, 0.1) is 31.2 Å². The maximum absolute atomic E-state index is 12.6. The molecule has 1 aromatic heterocycles. The van der Waals surface area contributed by atoms with Crippen LogP contribution < -0.4 is 14.8 Å². The van der Waals surface area contributed by atoms with Crippen LogP contribution in [-0.2, 0) is 17.9 Å². The third-order valence-corrected chi connectivity index (χ3v) is 5.77. The molecule has 1 aliphatic carbocycles. The van der Waals surface area contributed by atoms with Crippen molar-refractivity contribution >= 4 is 16.9 Å². The number of rotatable bonds is 8. The lowest BCUT2D eigenvalue weighted by molar-refractivity contribution is -0.126. The molecule has 0 unspecified atom stereocenters. The maximum atomic E-state index is 12.6. The van der Waals surface area contributed by atoms with Gasteiger partial charge in [-0.05, 0) is 49.2 Å². The summed E-state index contributed by atoms with van der Waals surface area (Å²) in [6.07, 6.45) is 5.54. The molecule has 4 rings (SSSR count). The Morgan fingerprint density at radius 3 is 2.57 bits per heavy atom. The molecule has 1 heterocycles. The summed E-state index contributed by atoms with van der Waals surface area (Å²) in [4.78, 5) is 17.3. The predicted molar refractivity (Wildman–Crippen MR) is 117 cm³/mol. The number of para-hydroxylation sites is 2. The van der Waals surface area contributed by atoms with Crippen LogP contribution in [0.3, 0.4) is 0 Å². The van der Waals surface area contributed by atoms with Gasteiger partial charge in [0.25, 0.3) is 0 Å². The zero-order chi connectivity index (χ0) is 20.8. The van der Waals surface area contributed by atoms with Gasteiger partial charge >= 0.3 is 0 Å². The van der Waals surface area contributed by atoms with Crippen molar-refractivity contribution in [2.75, 3.05) is 13.7 Å². The molecule has 1 saturated carbocycles. The number of methoxy groups -OCH3 is 1.